The summed E-state index contributed by atoms with van der Waals surface area (Å²) in [7, 11) is -25.8. The third-order valence-corrected chi connectivity index (χ3v) is 0. The van der Waals surface area contributed by atoms with Crippen LogP contribution >= 0.6 is 34.4 Å². The number of halogens is 3. The van der Waals surface area contributed by atoms with Crippen molar-refractivity contribution in [3.63, 3.8) is 0 Å². The fourth-order valence-corrected chi connectivity index (χ4v) is 0. The average Bonchev–Trinajstić information content (AvgIpc) is 1.96. The quantitative estimate of drug-likeness (QED) is 0.124. The van der Waals surface area contributed by atoms with Crippen LogP contribution in [0, 0.1) is 0 Å². The Morgan fingerprint density at radius 2 is 0.424 bits per heavy atom. The Morgan fingerprint density at radius 1 is 0.424 bits per heavy atom. The van der Waals surface area contributed by atoms with Crippen molar-refractivity contribution in [3.8, 4) is 0 Å². The van der Waals surface area contributed by atoms with Gasteiger partial charge in [0.15, 0.2) is 0 Å². The Kier molecular flexibility index (Phi) is 61.0. The van der Waals surface area contributed by atoms with Crippen LogP contribution in [0.15, 0.2) is 0 Å². The molecule has 198 valence electrons. The van der Waals surface area contributed by atoms with Crippen molar-refractivity contribution in [1.29, 1.82) is 0 Å². The molecule has 0 fully saturated rings. The Hall–Kier alpha value is 2.72. The fourth-order valence-electron chi connectivity index (χ4n) is 0. The van der Waals surface area contributed by atoms with Crippen LogP contribution in [-0.4, -0.2) is 116 Å². The summed E-state index contributed by atoms with van der Waals surface area (Å²) >= 11 is 14.4. The molecular weight excluding hydrogens is 896 g/mol. The van der Waals surface area contributed by atoms with Gasteiger partial charge in [0.05, 0.1) is 0 Å². The maximum atomic E-state index is 8.52. The van der Waals surface area contributed by atoms with E-state index in [2.05, 4.69) is 0 Å². The third-order valence-electron chi connectivity index (χ3n) is 0. The van der Waals surface area contributed by atoms with E-state index in [0.29, 0.717) is 0 Å². The second-order valence-electron chi connectivity index (χ2n) is 2.29. The monoisotopic (exact) mass is 893 g/mol. The van der Waals surface area contributed by atoms with E-state index in [0.717, 1.165) is 0 Å². The SMILES string of the molecule is ClB(Cl)Cl.O=S(=O)([O-])[O-].O=S(=O)([O-])[O-].O=S(=O)([O-])[O-].O=S(=O)([O-])[O-].O=S(=O)([O-])[O-].[Fe+2].[Ni+2].[Sn+4].[Zn+2]. The molecule has 0 aliphatic carbocycles. The predicted octanol–water partition coefficient (Wildman–Crippen LogP) is -5.39. The van der Waals surface area contributed by atoms with E-state index >= 15 is 0 Å². The molecule has 33 heavy (non-hydrogen) atoms. The van der Waals surface area contributed by atoms with Gasteiger partial charge in [0.2, 0.25) is 0 Å². The molecule has 0 aromatic rings. The molecule has 0 rings (SSSR count). The maximum absolute atomic E-state index is 8.52. The number of hydrogen-bond donors (Lipinski definition) is 0. The van der Waals surface area contributed by atoms with Gasteiger partial charge in [-0.15, -0.1) is 0 Å². The zero-order valence-electron chi connectivity index (χ0n) is 13.8. The minimum Gasteiger partial charge on any atom is -0.759 e. The first-order chi connectivity index (χ1) is 11.7. The molecule has 0 radical (unpaired) electrons. The number of hydrogen-bond acceptors (Lipinski definition) is 20. The first-order valence-electron chi connectivity index (χ1n) is 3.99. The second-order valence-corrected chi connectivity index (χ2v) is 8.35. The Bertz CT molecular complexity index is 695. The average molecular weight is 896 g/mol. The summed E-state index contributed by atoms with van der Waals surface area (Å²) in [5.74, 6) is 0. The first kappa shape index (κ1) is 65.1. The molecular formula is BCl3FeNiO20S5SnZn. The molecule has 20 nitrogen and oxygen atoms in total. The third kappa shape index (κ3) is 5020. The smallest absolute Gasteiger partial charge is 0.759 e. The molecule has 0 aromatic carbocycles. The fraction of sp³-hybridized carbons (Fsp3) is 0. The molecule has 0 N–H and O–H groups in total. The molecule has 0 spiro atoms. The maximum Gasteiger partial charge on any atom is 4.00 e. The van der Waals surface area contributed by atoms with Gasteiger partial charge < -0.3 is 45.5 Å². The molecule has 0 amide bonds. The van der Waals surface area contributed by atoms with Crippen molar-refractivity contribution in [3.05, 3.63) is 0 Å². The van der Waals surface area contributed by atoms with Gasteiger partial charge in [-0.25, -0.2) is 0 Å². The van der Waals surface area contributed by atoms with Crippen LogP contribution in [0.25, 0.3) is 0 Å². The Balaban J connectivity index is -0.0000000235. The van der Waals surface area contributed by atoms with Crippen LogP contribution in [0.1, 0.15) is 0 Å². The molecule has 0 aliphatic heterocycles. The summed E-state index contributed by atoms with van der Waals surface area (Å²) in [4.78, 5) is -0.750. The summed E-state index contributed by atoms with van der Waals surface area (Å²) in [6.07, 6.45) is 0. The summed E-state index contributed by atoms with van der Waals surface area (Å²) in [6, 6.07) is 0. The van der Waals surface area contributed by atoms with Gasteiger partial charge in [0, 0.05) is 52.0 Å². The van der Waals surface area contributed by atoms with Crippen LogP contribution in [-0.2, 0) is 105 Å². The molecule has 0 heterocycles. The van der Waals surface area contributed by atoms with E-state index in [4.69, 9.17) is 122 Å². The summed E-state index contributed by atoms with van der Waals surface area (Å²) in [5.41, 5.74) is 0. The zero-order valence-corrected chi connectivity index (χ0v) is 28.1. The summed E-state index contributed by atoms with van der Waals surface area (Å²) < 4.78 is 170. The first-order valence-corrected chi connectivity index (χ1v) is 12.0. The number of rotatable bonds is 0. The van der Waals surface area contributed by atoms with Crippen molar-refractivity contribution in [2.24, 2.45) is 0 Å². The van der Waals surface area contributed by atoms with E-state index in [1.54, 1.807) is 0 Å². The normalized spacial score (nSPS) is 9.61. The van der Waals surface area contributed by atoms with Crippen molar-refractivity contribution >= 4 is 115 Å². The van der Waals surface area contributed by atoms with Crippen LogP contribution in [0.3, 0.4) is 0 Å². The van der Waals surface area contributed by atoms with Crippen LogP contribution in [0.2, 0.25) is 0 Å². The van der Waals surface area contributed by atoms with E-state index < -0.39 is 57.0 Å². The standard InChI is InChI=1S/BCl3.Fe.Ni.5H2O4S.Sn.Zn/c2-1(3)4;;;5*1-5(2,3)4;;/h;;;5*(H2,1,2,3,4);;/q;2*+2;;;;;;+4;+2/p-10. The van der Waals surface area contributed by atoms with Gasteiger partial charge in [-0.05, 0) is 0 Å². The van der Waals surface area contributed by atoms with Gasteiger partial charge in [-0.1, -0.05) is 0 Å². The Morgan fingerprint density at radius 3 is 0.424 bits per heavy atom. The van der Waals surface area contributed by atoms with Crippen molar-refractivity contribution in [2.75, 3.05) is 0 Å². The Labute approximate surface area is 253 Å². The van der Waals surface area contributed by atoms with E-state index in [9.17, 15) is 0 Å². The molecule has 0 bridgehead atoms. The molecule has 0 aliphatic rings. The van der Waals surface area contributed by atoms with Crippen molar-refractivity contribution in [2.45, 2.75) is 0 Å². The van der Waals surface area contributed by atoms with Gasteiger partial charge >= 0.3 is 81.9 Å². The molecule has 33 heteroatoms. The van der Waals surface area contributed by atoms with Gasteiger partial charge in [-0.2, -0.15) is 34.4 Å². The minimum atomic E-state index is -5.17. The predicted molar refractivity (Wildman–Crippen MR) is 81.4 cm³/mol. The van der Waals surface area contributed by atoms with Gasteiger partial charge in [-0.3, -0.25) is 42.1 Å². The topological polar surface area (TPSA) is 401 Å². The minimum absolute atomic E-state index is 0. The van der Waals surface area contributed by atoms with Crippen LogP contribution < -0.4 is 0 Å². The largest absolute Gasteiger partial charge is 4.00 e. The molecule has 0 unspecified atom stereocenters. The van der Waals surface area contributed by atoms with E-state index in [1.807, 2.05) is 0 Å². The zero-order chi connectivity index (χ0) is 26.1. The van der Waals surface area contributed by atoms with Crippen LogP contribution in [0.4, 0.5) is 0 Å². The van der Waals surface area contributed by atoms with Crippen molar-refractivity contribution in [1.82, 2.24) is 0 Å². The van der Waals surface area contributed by atoms with Gasteiger partial charge in [0.1, 0.15) is 0 Å². The molecule has 0 saturated heterocycles. The molecule has 0 aromatic heterocycles. The van der Waals surface area contributed by atoms with Gasteiger partial charge in [0.25, 0.3) is 0 Å². The molecule has 0 saturated carbocycles. The molecule has 0 atom stereocenters. The summed E-state index contributed by atoms with van der Waals surface area (Å²) in [6.45, 7) is 0. The van der Waals surface area contributed by atoms with E-state index in [-0.39, 0.29) is 76.9 Å². The van der Waals surface area contributed by atoms with E-state index in [1.165, 1.54) is 0 Å². The van der Waals surface area contributed by atoms with Crippen LogP contribution in [0.5, 0.6) is 0 Å². The van der Waals surface area contributed by atoms with Crippen molar-refractivity contribution < 1.29 is 141 Å². The second kappa shape index (κ2) is 30.9. The summed E-state index contributed by atoms with van der Waals surface area (Å²) in [5, 5.41) is 0.